The maximum atomic E-state index is 13.5. The fraction of sp³-hybridized carbons (Fsp3) is 0.543. The fourth-order valence-corrected chi connectivity index (χ4v) is 4.84. The number of hydrogen-bond donors (Lipinski definition) is 11. The maximum absolute atomic E-state index is 13.5. The monoisotopic (exact) mass is 822 g/mol. The van der Waals surface area contributed by atoms with E-state index >= 15 is 0 Å². The number of aliphatic carboxylic acids is 1. The third-order valence-corrected chi connectivity index (χ3v) is 7.83. The number of carboxylic acids is 1. The van der Waals surface area contributed by atoms with E-state index in [1.54, 1.807) is 12.1 Å². The van der Waals surface area contributed by atoms with Gasteiger partial charge in [-0.15, -0.1) is 0 Å². The first-order valence-corrected chi connectivity index (χ1v) is 18.4. The van der Waals surface area contributed by atoms with Gasteiger partial charge in [-0.05, 0) is 24.1 Å². The number of hydrogen-bond acceptors (Lipinski definition) is 15. The topological polar surface area (TPSA) is 342 Å². The molecule has 2 atom stereocenters. The lowest BCUT2D eigenvalue weighted by Crippen LogP contribution is -2.53. The number of anilines is 1. The number of amides is 7. The number of benzene rings is 1. The lowest BCUT2D eigenvalue weighted by Gasteiger charge is -2.20. The Bertz CT molecular complexity index is 1560. The zero-order chi connectivity index (χ0) is 42.5. The summed E-state index contributed by atoms with van der Waals surface area (Å²) in [5.74, 6) is -0.865. The van der Waals surface area contributed by atoms with Gasteiger partial charge in [-0.2, -0.15) is 0 Å². The molecule has 0 spiro atoms. The number of para-hydroxylation sites is 1. The van der Waals surface area contributed by atoms with Crippen LogP contribution in [0.3, 0.4) is 0 Å². The first-order valence-electron chi connectivity index (χ1n) is 18.4. The first kappa shape index (κ1) is 48.4. The molecule has 0 saturated carbocycles. The second-order valence-corrected chi connectivity index (χ2v) is 12.2. The molecule has 1 aromatic carbocycles. The number of carbonyl (C=O) groups excluding carboxylic acids is 7. The van der Waals surface area contributed by atoms with E-state index in [4.69, 9.17) is 30.5 Å². The molecule has 0 bridgehead atoms. The SMILES string of the molecule is NCC(=O)NCC(=O)NCC(=O)NCC(=O)NC(C=C1CNc2ccccc21)C(=O)NC(CCC(=O)NCCOCCOCCOCCOCCC(=O)NN)C(=O)O. The molecule has 7 amide bonds. The van der Waals surface area contributed by atoms with Crippen LogP contribution in [0.1, 0.15) is 24.8 Å². The van der Waals surface area contributed by atoms with Crippen molar-refractivity contribution in [1.29, 1.82) is 0 Å². The highest BCUT2D eigenvalue weighted by molar-refractivity contribution is 5.96. The van der Waals surface area contributed by atoms with Crippen molar-refractivity contribution >= 4 is 58.6 Å². The zero-order valence-corrected chi connectivity index (χ0v) is 32.1. The molecular weight excluding hydrogens is 768 g/mol. The molecule has 23 heteroatoms. The normalized spacial score (nSPS) is 13.2. The number of carboxylic acid groups (broad SMARTS) is 1. The van der Waals surface area contributed by atoms with Gasteiger partial charge in [0.25, 0.3) is 0 Å². The molecule has 1 aliphatic rings. The van der Waals surface area contributed by atoms with Gasteiger partial charge in [-0.3, -0.25) is 39.0 Å². The van der Waals surface area contributed by atoms with Crippen LogP contribution < -0.4 is 54.2 Å². The highest BCUT2D eigenvalue weighted by atomic mass is 16.6. The molecule has 1 heterocycles. The Morgan fingerprint density at radius 1 is 0.690 bits per heavy atom. The molecule has 1 aromatic rings. The van der Waals surface area contributed by atoms with Gasteiger partial charge in [0.2, 0.25) is 41.4 Å². The minimum Gasteiger partial charge on any atom is -0.480 e. The van der Waals surface area contributed by atoms with Crippen LogP contribution in [0.25, 0.3) is 5.57 Å². The van der Waals surface area contributed by atoms with Gasteiger partial charge in [0, 0.05) is 30.8 Å². The van der Waals surface area contributed by atoms with Crippen molar-refractivity contribution in [2.75, 3.05) is 97.4 Å². The summed E-state index contributed by atoms with van der Waals surface area (Å²) < 4.78 is 21.4. The molecule has 23 nitrogen and oxygen atoms in total. The molecule has 13 N–H and O–H groups in total. The Balaban J connectivity index is 1.77. The van der Waals surface area contributed by atoms with Crippen molar-refractivity contribution in [3.63, 3.8) is 0 Å². The van der Waals surface area contributed by atoms with E-state index < -0.39 is 73.1 Å². The number of nitrogens with one attached hydrogen (secondary N) is 8. The highest BCUT2D eigenvalue weighted by Crippen LogP contribution is 2.30. The lowest BCUT2D eigenvalue weighted by atomic mass is 10.0. The average Bonchev–Trinajstić information content (AvgIpc) is 3.62. The number of fused-ring (bicyclic) bond motifs is 1. The van der Waals surface area contributed by atoms with E-state index in [1.165, 1.54) is 6.08 Å². The number of carbonyl (C=O) groups is 8. The van der Waals surface area contributed by atoms with E-state index in [-0.39, 0.29) is 64.7 Å². The molecule has 2 unspecified atom stereocenters. The van der Waals surface area contributed by atoms with Gasteiger partial charge in [0.1, 0.15) is 12.1 Å². The van der Waals surface area contributed by atoms with Gasteiger partial charge in [-0.25, -0.2) is 10.6 Å². The Morgan fingerprint density at radius 2 is 1.26 bits per heavy atom. The van der Waals surface area contributed by atoms with Crippen molar-refractivity contribution in [1.82, 2.24) is 37.3 Å². The highest BCUT2D eigenvalue weighted by Gasteiger charge is 2.28. The van der Waals surface area contributed by atoms with Crippen molar-refractivity contribution in [2.24, 2.45) is 11.6 Å². The first-order chi connectivity index (χ1) is 27.9. The van der Waals surface area contributed by atoms with Gasteiger partial charge in [-0.1, -0.05) is 18.2 Å². The average molecular weight is 823 g/mol. The summed E-state index contributed by atoms with van der Waals surface area (Å²) in [4.78, 5) is 97.0. The minimum atomic E-state index is -1.49. The van der Waals surface area contributed by atoms with Crippen molar-refractivity contribution in [3.8, 4) is 0 Å². The largest absolute Gasteiger partial charge is 0.480 e. The van der Waals surface area contributed by atoms with Crippen LogP contribution in [0.4, 0.5) is 5.69 Å². The molecule has 0 aliphatic carbocycles. The van der Waals surface area contributed by atoms with Crippen LogP contribution in [0.5, 0.6) is 0 Å². The number of hydrazine groups is 1. The van der Waals surface area contributed by atoms with E-state index in [1.807, 2.05) is 17.6 Å². The molecule has 0 saturated heterocycles. The van der Waals surface area contributed by atoms with Crippen LogP contribution in [0.15, 0.2) is 30.3 Å². The van der Waals surface area contributed by atoms with E-state index in [2.05, 4.69) is 37.2 Å². The van der Waals surface area contributed by atoms with Crippen molar-refractivity contribution < 1.29 is 62.4 Å². The second kappa shape index (κ2) is 28.6. The number of ether oxygens (including phenoxy) is 4. The van der Waals surface area contributed by atoms with Crippen LogP contribution in [-0.4, -0.2) is 157 Å². The molecule has 0 radical (unpaired) electrons. The summed E-state index contributed by atoms with van der Waals surface area (Å²) in [6, 6.07) is 4.36. The van der Waals surface area contributed by atoms with E-state index in [0.29, 0.717) is 38.5 Å². The Kier molecular flexibility index (Phi) is 23.9. The molecule has 58 heavy (non-hydrogen) atoms. The summed E-state index contributed by atoms with van der Waals surface area (Å²) in [5.41, 5.74) is 9.35. The predicted molar refractivity (Wildman–Crippen MR) is 205 cm³/mol. The van der Waals surface area contributed by atoms with E-state index in [0.717, 1.165) is 11.3 Å². The van der Waals surface area contributed by atoms with Gasteiger partial charge < -0.3 is 67.0 Å². The van der Waals surface area contributed by atoms with Gasteiger partial charge in [0.15, 0.2) is 0 Å². The Labute approximate surface area is 334 Å². The predicted octanol–water partition coefficient (Wildman–Crippen LogP) is -4.80. The summed E-state index contributed by atoms with van der Waals surface area (Å²) in [6.07, 6.45) is 1.11. The molecule has 2 rings (SSSR count). The zero-order valence-electron chi connectivity index (χ0n) is 32.1. The second-order valence-electron chi connectivity index (χ2n) is 12.2. The van der Waals surface area contributed by atoms with Crippen LogP contribution in [0, 0.1) is 0 Å². The molecule has 1 aliphatic heterocycles. The minimum absolute atomic E-state index is 0.145. The smallest absolute Gasteiger partial charge is 0.326 e. The molecular formula is C35H54N10O13. The molecule has 0 aromatic heterocycles. The quantitative estimate of drug-likeness (QED) is 0.0150. The van der Waals surface area contributed by atoms with Gasteiger partial charge in [0.05, 0.1) is 85.5 Å². The van der Waals surface area contributed by atoms with Gasteiger partial charge >= 0.3 is 5.97 Å². The molecule has 0 fully saturated rings. The van der Waals surface area contributed by atoms with Crippen LogP contribution in [0.2, 0.25) is 0 Å². The number of nitrogens with two attached hydrogens (primary N) is 2. The third kappa shape index (κ3) is 21.0. The van der Waals surface area contributed by atoms with E-state index in [9.17, 15) is 43.5 Å². The summed E-state index contributed by atoms with van der Waals surface area (Å²) >= 11 is 0. The summed E-state index contributed by atoms with van der Waals surface area (Å²) in [7, 11) is 0. The summed E-state index contributed by atoms with van der Waals surface area (Å²) in [6.45, 7) is 0.920. The fourth-order valence-electron chi connectivity index (χ4n) is 4.84. The third-order valence-electron chi connectivity index (χ3n) is 7.83. The maximum Gasteiger partial charge on any atom is 0.326 e. The Hall–Kier alpha value is -5.72. The standard InChI is InChI=1S/C35H54N10O13/c36-18-30(48)40-20-31(49)41-21-32(50)42-22-33(51)43-27(17-23-19-39-25-4-2-1-3-24(23)25)34(52)44-26(35(53)54)5-6-28(46)38-8-10-56-12-14-58-16-15-57-13-11-55-9-7-29(47)45-37/h1-4,17,26-27,39H,5-16,18-22,36-37H2,(H,38,46)(H,40,48)(H,41,49)(H,42,50)(H,43,51)(H,44,52)(H,45,47)(H,53,54). The van der Waals surface area contributed by atoms with Crippen molar-refractivity contribution in [3.05, 3.63) is 35.9 Å². The molecule has 322 valence electrons. The van der Waals surface area contributed by atoms with Crippen LogP contribution in [-0.2, 0) is 57.3 Å². The van der Waals surface area contributed by atoms with Crippen molar-refractivity contribution in [2.45, 2.75) is 31.3 Å². The lowest BCUT2D eigenvalue weighted by molar-refractivity contribution is -0.142. The number of rotatable bonds is 30. The summed E-state index contributed by atoms with van der Waals surface area (Å²) in [5, 5.41) is 27.3. The Morgan fingerprint density at radius 3 is 1.86 bits per heavy atom. The van der Waals surface area contributed by atoms with Crippen LogP contribution >= 0.6 is 0 Å².